The Morgan fingerprint density at radius 1 is 1.25 bits per heavy atom. The molecule has 0 aliphatic carbocycles. The summed E-state index contributed by atoms with van der Waals surface area (Å²) in [7, 11) is -3.35. The molecule has 108 valence electrons. The Bertz CT molecular complexity index is 598. The Morgan fingerprint density at radius 3 is 2.75 bits per heavy atom. The zero-order valence-electron chi connectivity index (χ0n) is 11.6. The van der Waals surface area contributed by atoms with Gasteiger partial charge in [0.05, 0.1) is 0 Å². The van der Waals surface area contributed by atoms with Crippen LogP contribution in [0.4, 0.5) is 0 Å². The Labute approximate surface area is 120 Å². The van der Waals surface area contributed by atoms with Crippen molar-refractivity contribution in [1.82, 2.24) is 9.62 Å². The Hall–Kier alpha value is -1.17. The first-order valence-electron chi connectivity index (χ1n) is 7.05. The zero-order chi connectivity index (χ0) is 14.2. The zero-order valence-corrected chi connectivity index (χ0v) is 12.4. The molecule has 20 heavy (non-hydrogen) atoms. The van der Waals surface area contributed by atoms with Crippen LogP contribution >= 0.6 is 0 Å². The lowest BCUT2D eigenvalue weighted by atomic mass is 10.0. The van der Waals surface area contributed by atoms with Crippen LogP contribution in [0.3, 0.4) is 0 Å². The van der Waals surface area contributed by atoms with E-state index < -0.39 is 10.0 Å². The largest absolute Gasteiger partial charge is 0.315 e. The number of nitrogens with zero attached hydrogens (tertiary/aromatic N) is 1. The van der Waals surface area contributed by atoms with Crippen LogP contribution in [0.5, 0.6) is 0 Å². The van der Waals surface area contributed by atoms with E-state index in [9.17, 15) is 8.42 Å². The van der Waals surface area contributed by atoms with Crippen LogP contribution in [0.1, 0.15) is 18.9 Å². The van der Waals surface area contributed by atoms with Gasteiger partial charge in [-0.15, -0.1) is 0 Å². The SMILES string of the molecule is CC1CC2CNCC2N1S(=O)(=O)/C=C/c1ccccc1. The van der Waals surface area contributed by atoms with E-state index in [1.54, 1.807) is 10.4 Å². The highest BCUT2D eigenvalue weighted by atomic mass is 32.2. The van der Waals surface area contributed by atoms with E-state index in [1.807, 2.05) is 37.3 Å². The van der Waals surface area contributed by atoms with Crippen molar-refractivity contribution >= 4 is 16.1 Å². The minimum atomic E-state index is -3.35. The van der Waals surface area contributed by atoms with Crippen LogP contribution in [0.25, 0.3) is 6.08 Å². The van der Waals surface area contributed by atoms with Gasteiger partial charge < -0.3 is 5.32 Å². The van der Waals surface area contributed by atoms with Crippen LogP contribution in [-0.2, 0) is 10.0 Å². The Morgan fingerprint density at radius 2 is 2.00 bits per heavy atom. The van der Waals surface area contributed by atoms with E-state index in [0.29, 0.717) is 5.92 Å². The molecule has 2 fully saturated rings. The predicted octanol–water partition coefficient (Wildman–Crippen LogP) is 1.67. The number of sulfonamides is 1. The fourth-order valence-electron chi connectivity index (χ4n) is 3.36. The molecule has 2 heterocycles. The van der Waals surface area contributed by atoms with Crippen molar-refractivity contribution in [3.8, 4) is 0 Å². The normalized spacial score (nSPS) is 30.9. The minimum absolute atomic E-state index is 0.0949. The summed E-state index contributed by atoms with van der Waals surface area (Å²) in [5.41, 5.74) is 0.907. The fraction of sp³-hybridized carbons (Fsp3) is 0.467. The fourth-order valence-corrected chi connectivity index (χ4v) is 5.05. The summed E-state index contributed by atoms with van der Waals surface area (Å²) < 4.78 is 26.8. The lowest BCUT2D eigenvalue weighted by molar-refractivity contribution is 0.340. The molecule has 1 N–H and O–H groups in total. The van der Waals surface area contributed by atoms with Gasteiger partial charge >= 0.3 is 0 Å². The maximum Gasteiger partial charge on any atom is 0.236 e. The average Bonchev–Trinajstić information content (AvgIpc) is 2.97. The third-order valence-corrected chi connectivity index (χ3v) is 5.93. The molecular formula is C15H20N2O2S. The third-order valence-electron chi connectivity index (χ3n) is 4.24. The van der Waals surface area contributed by atoms with Crippen LogP contribution < -0.4 is 5.32 Å². The summed E-state index contributed by atoms with van der Waals surface area (Å²) in [6.45, 7) is 3.71. The maximum atomic E-state index is 12.6. The molecule has 0 aromatic heterocycles. The number of fused-ring (bicyclic) bond motifs is 1. The van der Waals surface area contributed by atoms with Crippen molar-refractivity contribution in [1.29, 1.82) is 0 Å². The first kappa shape index (κ1) is 13.8. The van der Waals surface area contributed by atoms with Crippen LogP contribution in [-0.4, -0.2) is 37.9 Å². The first-order valence-corrected chi connectivity index (χ1v) is 8.55. The average molecular weight is 292 g/mol. The van der Waals surface area contributed by atoms with Crippen molar-refractivity contribution in [2.45, 2.75) is 25.4 Å². The van der Waals surface area contributed by atoms with E-state index in [4.69, 9.17) is 0 Å². The highest BCUT2D eigenvalue weighted by Crippen LogP contribution is 2.34. The van der Waals surface area contributed by atoms with Gasteiger partial charge in [-0.3, -0.25) is 0 Å². The van der Waals surface area contributed by atoms with Crippen molar-refractivity contribution in [2.75, 3.05) is 13.1 Å². The Balaban J connectivity index is 1.83. The molecule has 0 spiro atoms. The summed E-state index contributed by atoms with van der Waals surface area (Å²) in [6.07, 6.45) is 2.63. The van der Waals surface area contributed by atoms with Gasteiger partial charge in [-0.25, -0.2) is 8.42 Å². The molecule has 5 heteroatoms. The van der Waals surface area contributed by atoms with E-state index in [-0.39, 0.29) is 12.1 Å². The van der Waals surface area contributed by atoms with Crippen LogP contribution in [0.2, 0.25) is 0 Å². The summed E-state index contributed by atoms with van der Waals surface area (Å²) >= 11 is 0. The quantitative estimate of drug-likeness (QED) is 0.922. The van der Waals surface area contributed by atoms with Crippen LogP contribution in [0.15, 0.2) is 35.7 Å². The van der Waals surface area contributed by atoms with E-state index >= 15 is 0 Å². The van der Waals surface area contributed by atoms with E-state index in [1.165, 1.54) is 5.41 Å². The van der Waals surface area contributed by atoms with Gasteiger partial charge in [-0.05, 0) is 37.4 Å². The maximum absolute atomic E-state index is 12.6. The van der Waals surface area contributed by atoms with Gasteiger partial charge in [0.15, 0.2) is 0 Å². The lowest BCUT2D eigenvalue weighted by Crippen LogP contribution is -2.41. The summed E-state index contributed by atoms with van der Waals surface area (Å²) in [5, 5.41) is 4.64. The molecular weight excluding hydrogens is 272 g/mol. The molecule has 0 radical (unpaired) electrons. The molecule has 3 unspecified atom stereocenters. The van der Waals surface area contributed by atoms with Crippen molar-refractivity contribution in [3.63, 3.8) is 0 Å². The monoisotopic (exact) mass is 292 g/mol. The number of hydrogen-bond acceptors (Lipinski definition) is 3. The second-order valence-corrected chi connectivity index (χ2v) is 7.38. The predicted molar refractivity (Wildman–Crippen MR) is 80.5 cm³/mol. The number of nitrogens with one attached hydrogen (secondary N) is 1. The molecule has 0 amide bonds. The summed E-state index contributed by atoms with van der Waals surface area (Å²) in [4.78, 5) is 0. The van der Waals surface area contributed by atoms with E-state index in [0.717, 1.165) is 25.1 Å². The number of benzene rings is 1. The molecule has 2 aliphatic heterocycles. The molecule has 1 aromatic rings. The van der Waals surface area contributed by atoms with Gasteiger partial charge in [-0.1, -0.05) is 30.3 Å². The first-order chi connectivity index (χ1) is 9.58. The van der Waals surface area contributed by atoms with E-state index in [2.05, 4.69) is 5.32 Å². The van der Waals surface area contributed by atoms with Gasteiger partial charge in [0.1, 0.15) is 0 Å². The third kappa shape index (κ3) is 2.53. The molecule has 2 aliphatic rings. The van der Waals surface area contributed by atoms with Crippen molar-refractivity contribution in [3.05, 3.63) is 41.3 Å². The lowest BCUT2D eigenvalue weighted by Gasteiger charge is -2.24. The van der Waals surface area contributed by atoms with Gasteiger partial charge in [0.2, 0.25) is 10.0 Å². The highest BCUT2D eigenvalue weighted by Gasteiger charge is 2.46. The second-order valence-electron chi connectivity index (χ2n) is 5.66. The molecule has 2 saturated heterocycles. The topological polar surface area (TPSA) is 49.4 Å². The molecule has 0 saturated carbocycles. The molecule has 1 aromatic carbocycles. The smallest absolute Gasteiger partial charge is 0.236 e. The van der Waals surface area contributed by atoms with Crippen molar-refractivity contribution < 1.29 is 8.42 Å². The minimum Gasteiger partial charge on any atom is -0.315 e. The summed E-state index contributed by atoms with van der Waals surface area (Å²) in [5.74, 6) is 0.463. The van der Waals surface area contributed by atoms with Gasteiger partial charge in [0.25, 0.3) is 0 Å². The van der Waals surface area contributed by atoms with Gasteiger partial charge in [-0.2, -0.15) is 4.31 Å². The number of rotatable bonds is 3. The number of hydrogen-bond donors (Lipinski definition) is 1. The molecule has 3 rings (SSSR count). The molecule has 4 nitrogen and oxygen atoms in total. The van der Waals surface area contributed by atoms with Crippen molar-refractivity contribution in [2.24, 2.45) is 5.92 Å². The second kappa shape index (κ2) is 5.31. The Kier molecular flexibility index (Phi) is 3.67. The van der Waals surface area contributed by atoms with Gasteiger partial charge in [0, 0.05) is 24.0 Å². The molecule has 0 bridgehead atoms. The highest BCUT2D eigenvalue weighted by molar-refractivity contribution is 7.92. The molecule has 3 atom stereocenters. The standard InChI is InChI=1S/C15H20N2O2S/c1-12-9-14-10-16-11-15(14)17(12)20(18,19)8-7-13-5-3-2-4-6-13/h2-8,12,14-16H,9-11H2,1H3/b8-7+. The summed E-state index contributed by atoms with van der Waals surface area (Å²) in [6, 6.07) is 9.75. The van der Waals surface area contributed by atoms with Crippen LogP contribution in [0, 0.1) is 5.92 Å².